The number of aromatic nitrogens is 2. The van der Waals surface area contributed by atoms with Crippen LogP contribution >= 0.6 is 11.8 Å². The van der Waals surface area contributed by atoms with Gasteiger partial charge in [0.05, 0.1) is 12.6 Å². The van der Waals surface area contributed by atoms with E-state index in [9.17, 15) is 0 Å². The topological polar surface area (TPSA) is 51.4 Å². The molecule has 0 saturated carbocycles. The largest absolute Gasteiger partial charge is 0.481 e. The number of rotatable bonds is 3. The second-order valence-corrected chi connectivity index (χ2v) is 5.34. The molecule has 17 heavy (non-hydrogen) atoms. The van der Waals surface area contributed by atoms with Gasteiger partial charge in [-0.05, 0) is 13.3 Å². The Morgan fingerprint density at radius 3 is 2.94 bits per heavy atom. The number of thioether (sulfide) groups is 1. The molecular weight excluding hydrogens is 236 g/mol. The Morgan fingerprint density at radius 2 is 2.41 bits per heavy atom. The third-order valence-electron chi connectivity index (χ3n) is 2.93. The minimum Gasteiger partial charge on any atom is -0.481 e. The average Bonchev–Trinajstić information content (AvgIpc) is 2.84. The molecular formula is C11H18N4OS. The second kappa shape index (κ2) is 4.60. The SMILES string of the molecule is CCC1(C)CSC(Nc2cc(OC)n(C)n2)=N1. The molecule has 0 aliphatic carbocycles. The van der Waals surface area contributed by atoms with Gasteiger partial charge in [-0.15, -0.1) is 0 Å². The van der Waals surface area contributed by atoms with Crippen molar-refractivity contribution in [3.8, 4) is 5.88 Å². The van der Waals surface area contributed by atoms with Crippen molar-refractivity contribution in [2.45, 2.75) is 25.8 Å². The summed E-state index contributed by atoms with van der Waals surface area (Å²) in [5, 5.41) is 8.47. The van der Waals surface area contributed by atoms with Crippen molar-refractivity contribution >= 4 is 22.7 Å². The zero-order chi connectivity index (χ0) is 12.5. The quantitative estimate of drug-likeness (QED) is 0.897. The van der Waals surface area contributed by atoms with E-state index in [1.54, 1.807) is 23.6 Å². The number of hydrogen-bond acceptors (Lipinski definition) is 5. The molecule has 1 aliphatic heterocycles. The van der Waals surface area contributed by atoms with E-state index in [2.05, 4.69) is 29.3 Å². The third-order valence-corrected chi connectivity index (χ3v) is 4.17. The van der Waals surface area contributed by atoms with Gasteiger partial charge in [-0.3, -0.25) is 4.99 Å². The monoisotopic (exact) mass is 254 g/mol. The van der Waals surface area contributed by atoms with Crippen LogP contribution < -0.4 is 10.1 Å². The van der Waals surface area contributed by atoms with Crippen molar-refractivity contribution in [1.82, 2.24) is 9.78 Å². The summed E-state index contributed by atoms with van der Waals surface area (Å²) in [6, 6.07) is 1.87. The molecule has 1 aliphatic rings. The molecule has 1 atom stereocenters. The fourth-order valence-corrected chi connectivity index (χ4v) is 2.77. The first-order chi connectivity index (χ1) is 8.06. The van der Waals surface area contributed by atoms with Gasteiger partial charge in [-0.2, -0.15) is 5.10 Å². The highest BCUT2D eigenvalue weighted by Crippen LogP contribution is 2.30. The molecule has 5 nitrogen and oxygen atoms in total. The van der Waals surface area contributed by atoms with Gasteiger partial charge in [0, 0.05) is 18.9 Å². The number of ether oxygens (including phenoxy) is 1. The summed E-state index contributed by atoms with van der Waals surface area (Å²) in [5.74, 6) is 2.53. The Balaban J connectivity index is 2.09. The van der Waals surface area contributed by atoms with Crippen molar-refractivity contribution in [2.75, 3.05) is 18.2 Å². The van der Waals surface area contributed by atoms with Gasteiger partial charge >= 0.3 is 0 Å². The first-order valence-corrected chi connectivity index (χ1v) is 6.62. The van der Waals surface area contributed by atoms with Crippen LogP contribution in [0.15, 0.2) is 11.1 Å². The van der Waals surface area contributed by atoms with Crippen LogP contribution in [0.25, 0.3) is 0 Å². The predicted octanol–water partition coefficient (Wildman–Crippen LogP) is 2.11. The molecule has 0 saturated heterocycles. The molecule has 2 heterocycles. The molecule has 94 valence electrons. The molecule has 1 unspecified atom stereocenters. The summed E-state index contributed by atoms with van der Waals surface area (Å²) in [6.45, 7) is 4.34. The van der Waals surface area contributed by atoms with E-state index < -0.39 is 0 Å². The normalized spacial score (nSPS) is 23.6. The maximum atomic E-state index is 5.17. The lowest BCUT2D eigenvalue weighted by Crippen LogP contribution is -2.20. The lowest BCUT2D eigenvalue weighted by molar-refractivity contribution is 0.373. The lowest BCUT2D eigenvalue weighted by Gasteiger charge is -2.15. The van der Waals surface area contributed by atoms with Crippen LogP contribution in [-0.2, 0) is 7.05 Å². The molecule has 0 amide bonds. The molecule has 2 rings (SSSR count). The first-order valence-electron chi connectivity index (χ1n) is 5.64. The van der Waals surface area contributed by atoms with Gasteiger partial charge in [0.1, 0.15) is 0 Å². The maximum Gasteiger partial charge on any atom is 0.213 e. The van der Waals surface area contributed by atoms with Crippen molar-refractivity contribution < 1.29 is 4.74 Å². The first kappa shape index (κ1) is 12.3. The number of amidine groups is 1. The van der Waals surface area contributed by atoms with Crippen molar-refractivity contribution in [2.24, 2.45) is 12.0 Å². The minimum atomic E-state index is 0.0614. The van der Waals surface area contributed by atoms with Gasteiger partial charge in [-0.1, -0.05) is 18.7 Å². The van der Waals surface area contributed by atoms with Crippen LogP contribution in [0.2, 0.25) is 0 Å². The van der Waals surface area contributed by atoms with Gasteiger partial charge < -0.3 is 10.1 Å². The van der Waals surface area contributed by atoms with Crippen LogP contribution in [0.1, 0.15) is 20.3 Å². The van der Waals surface area contributed by atoms with Crippen molar-refractivity contribution in [1.29, 1.82) is 0 Å². The molecule has 0 radical (unpaired) electrons. The molecule has 0 spiro atoms. The van der Waals surface area contributed by atoms with Gasteiger partial charge in [-0.25, -0.2) is 4.68 Å². The van der Waals surface area contributed by atoms with E-state index in [4.69, 9.17) is 4.74 Å². The highest BCUT2D eigenvalue weighted by Gasteiger charge is 2.29. The minimum absolute atomic E-state index is 0.0614. The molecule has 1 aromatic heterocycles. The molecule has 0 aromatic carbocycles. The van der Waals surface area contributed by atoms with E-state index >= 15 is 0 Å². The Hall–Kier alpha value is -1.17. The highest BCUT2D eigenvalue weighted by molar-refractivity contribution is 8.14. The van der Waals surface area contributed by atoms with E-state index in [0.29, 0.717) is 0 Å². The summed E-state index contributed by atoms with van der Waals surface area (Å²) < 4.78 is 6.86. The number of anilines is 1. The third kappa shape index (κ3) is 2.57. The van der Waals surface area contributed by atoms with E-state index in [0.717, 1.165) is 29.0 Å². The number of hydrogen-bond donors (Lipinski definition) is 1. The molecule has 0 fully saturated rings. The number of nitrogens with zero attached hydrogens (tertiary/aromatic N) is 3. The number of aryl methyl sites for hydroxylation is 1. The fourth-order valence-electron chi connectivity index (χ4n) is 1.59. The lowest BCUT2D eigenvalue weighted by atomic mass is 10.0. The maximum absolute atomic E-state index is 5.17. The van der Waals surface area contributed by atoms with Crippen LogP contribution in [0.3, 0.4) is 0 Å². The Bertz CT molecular complexity index is 443. The van der Waals surface area contributed by atoms with Crippen LogP contribution in [-0.4, -0.2) is 33.3 Å². The predicted molar refractivity (Wildman–Crippen MR) is 72.0 cm³/mol. The molecule has 1 N–H and O–H groups in total. The Labute approximate surface area is 106 Å². The summed E-state index contributed by atoms with van der Waals surface area (Å²) in [4.78, 5) is 4.68. The van der Waals surface area contributed by atoms with E-state index in [-0.39, 0.29) is 5.54 Å². The Kier molecular flexibility index (Phi) is 3.33. The zero-order valence-electron chi connectivity index (χ0n) is 10.6. The van der Waals surface area contributed by atoms with E-state index in [1.807, 2.05) is 13.1 Å². The molecule has 1 aromatic rings. The highest BCUT2D eigenvalue weighted by atomic mass is 32.2. The molecule has 6 heteroatoms. The number of methoxy groups -OCH3 is 1. The smallest absolute Gasteiger partial charge is 0.213 e. The summed E-state index contributed by atoms with van der Waals surface area (Å²) in [7, 11) is 3.49. The fraction of sp³-hybridized carbons (Fsp3) is 0.636. The van der Waals surface area contributed by atoms with Gasteiger partial charge in [0.25, 0.3) is 0 Å². The standard InChI is InChI=1S/C11H18N4OS/c1-5-11(2)7-17-10(13-11)12-8-6-9(16-4)15(3)14-8/h6H,5,7H2,1-4H3,(H,12,13,14). The van der Waals surface area contributed by atoms with Gasteiger partial charge in [0.2, 0.25) is 5.88 Å². The van der Waals surface area contributed by atoms with Crippen molar-refractivity contribution in [3.05, 3.63) is 6.07 Å². The van der Waals surface area contributed by atoms with Crippen LogP contribution in [0, 0.1) is 0 Å². The van der Waals surface area contributed by atoms with Gasteiger partial charge in [0.15, 0.2) is 11.0 Å². The number of aliphatic imine (C=N–C) groups is 1. The average molecular weight is 254 g/mol. The Morgan fingerprint density at radius 1 is 1.65 bits per heavy atom. The number of nitrogens with one attached hydrogen (secondary N) is 1. The second-order valence-electron chi connectivity index (χ2n) is 4.38. The summed E-state index contributed by atoms with van der Waals surface area (Å²) in [5.41, 5.74) is 0.0614. The summed E-state index contributed by atoms with van der Waals surface area (Å²) >= 11 is 1.74. The van der Waals surface area contributed by atoms with Crippen molar-refractivity contribution in [3.63, 3.8) is 0 Å². The zero-order valence-corrected chi connectivity index (χ0v) is 11.5. The van der Waals surface area contributed by atoms with Crippen LogP contribution in [0.4, 0.5) is 5.82 Å². The van der Waals surface area contributed by atoms with E-state index in [1.165, 1.54) is 0 Å². The summed E-state index contributed by atoms with van der Waals surface area (Å²) in [6.07, 6.45) is 1.05. The van der Waals surface area contributed by atoms with Crippen LogP contribution in [0.5, 0.6) is 5.88 Å². The molecule has 0 bridgehead atoms.